The van der Waals surface area contributed by atoms with E-state index in [0.29, 0.717) is 19.0 Å². The van der Waals surface area contributed by atoms with Crippen LogP contribution in [-0.2, 0) is 4.79 Å². The SMILES string of the molecule is CCC[C@H](NC(=O)NCCCNC1CC1)C(=O)O. The first kappa shape index (κ1) is 14.8. The molecule has 0 unspecified atom stereocenters. The summed E-state index contributed by atoms with van der Waals surface area (Å²) in [5, 5.41) is 17.3. The maximum Gasteiger partial charge on any atom is 0.326 e. The van der Waals surface area contributed by atoms with E-state index in [1.165, 1.54) is 12.8 Å². The highest BCUT2D eigenvalue weighted by Crippen LogP contribution is 2.18. The van der Waals surface area contributed by atoms with Crippen molar-refractivity contribution < 1.29 is 14.7 Å². The van der Waals surface area contributed by atoms with Crippen LogP contribution >= 0.6 is 0 Å². The first-order valence-electron chi connectivity index (χ1n) is 6.64. The molecule has 0 bridgehead atoms. The van der Waals surface area contributed by atoms with Crippen molar-refractivity contribution in [3.05, 3.63) is 0 Å². The van der Waals surface area contributed by atoms with E-state index < -0.39 is 18.0 Å². The number of nitrogens with one attached hydrogen (secondary N) is 3. The number of hydrogen-bond donors (Lipinski definition) is 4. The van der Waals surface area contributed by atoms with Gasteiger partial charge in [0, 0.05) is 12.6 Å². The van der Waals surface area contributed by atoms with Gasteiger partial charge in [-0.1, -0.05) is 13.3 Å². The van der Waals surface area contributed by atoms with Crippen molar-refractivity contribution in [3.8, 4) is 0 Å². The van der Waals surface area contributed by atoms with Gasteiger partial charge >= 0.3 is 12.0 Å². The van der Waals surface area contributed by atoms with E-state index in [-0.39, 0.29) is 0 Å². The van der Waals surface area contributed by atoms with Crippen LogP contribution in [0, 0.1) is 0 Å². The van der Waals surface area contributed by atoms with Crippen LogP contribution in [0.5, 0.6) is 0 Å². The molecule has 6 nitrogen and oxygen atoms in total. The summed E-state index contributed by atoms with van der Waals surface area (Å²) < 4.78 is 0. The van der Waals surface area contributed by atoms with E-state index in [1.54, 1.807) is 0 Å². The van der Waals surface area contributed by atoms with Gasteiger partial charge in [-0.2, -0.15) is 0 Å². The summed E-state index contributed by atoms with van der Waals surface area (Å²) in [5.74, 6) is -0.984. The van der Waals surface area contributed by atoms with Gasteiger partial charge in [-0.3, -0.25) is 0 Å². The number of aliphatic carboxylic acids is 1. The van der Waals surface area contributed by atoms with Gasteiger partial charge in [-0.25, -0.2) is 9.59 Å². The second kappa shape index (κ2) is 7.92. The van der Waals surface area contributed by atoms with Gasteiger partial charge in [0.05, 0.1) is 0 Å². The van der Waals surface area contributed by atoms with Crippen LogP contribution in [0.25, 0.3) is 0 Å². The summed E-state index contributed by atoms with van der Waals surface area (Å²) in [6.07, 6.45) is 4.54. The van der Waals surface area contributed by atoms with Crippen LogP contribution in [0.2, 0.25) is 0 Å². The summed E-state index contributed by atoms with van der Waals surface area (Å²) >= 11 is 0. The quantitative estimate of drug-likeness (QED) is 0.457. The minimum atomic E-state index is -0.984. The Balaban J connectivity index is 2.04. The standard InChI is InChI=1S/C12H23N3O3/c1-2-4-10(11(16)17)15-12(18)14-8-3-7-13-9-5-6-9/h9-10,13H,2-8H2,1H3,(H,16,17)(H2,14,15,18)/t10-/m0/s1. The molecular weight excluding hydrogens is 234 g/mol. The van der Waals surface area contributed by atoms with Gasteiger partial charge in [0.25, 0.3) is 0 Å². The van der Waals surface area contributed by atoms with Crippen LogP contribution < -0.4 is 16.0 Å². The molecule has 0 aromatic rings. The molecule has 104 valence electrons. The maximum atomic E-state index is 11.4. The number of amides is 2. The van der Waals surface area contributed by atoms with Gasteiger partial charge in [-0.15, -0.1) is 0 Å². The minimum Gasteiger partial charge on any atom is -0.480 e. The van der Waals surface area contributed by atoms with Gasteiger partial charge in [0.15, 0.2) is 0 Å². The van der Waals surface area contributed by atoms with Crippen LogP contribution in [-0.4, -0.2) is 42.3 Å². The molecule has 0 aliphatic heterocycles. The average molecular weight is 257 g/mol. The molecule has 6 heteroatoms. The lowest BCUT2D eigenvalue weighted by Gasteiger charge is -2.14. The Morgan fingerprint density at radius 1 is 1.33 bits per heavy atom. The van der Waals surface area contributed by atoms with Gasteiger partial charge in [0.2, 0.25) is 0 Å². The molecule has 0 saturated heterocycles. The Hall–Kier alpha value is -1.30. The Kier molecular flexibility index (Phi) is 6.49. The fourth-order valence-corrected chi connectivity index (χ4v) is 1.64. The van der Waals surface area contributed by atoms with Gasteiger partial charge in [-0.05, 0) is 32.2 Å². The van der Waals surface area contributed by atoms with Crippen LogP contribution in [0.4, 0.5) is 4.79 Å². The zero-order chi connectivity index (χ0) is 13.4. The Morgan fingerprint density at radius 3 is 2.61 bits per heavy atom. The molecule has 0 aromatic heterocycles. The first-order chi connectivity index (χ1) is 8.63. The molecular formula is C12H23N3O3. The first-order valence-corrected chi connectivity index (χ1v) is 6.64. The molecule has 0 radical (unpaired) electrons. The smallest absolute Gasteiger partial charge is 0.326 e. The molecule has 1 rings (SSSR count). The highest BCUT2D eigenvalue weighted by Gasteiger charge is 2.20. The van der Waals surface area contributed by atoms with E-state index in [2.05, 4.69) is 16.0 Å². The number of urea groups is 1. The summed E-state index contributed by atoms with van der Waals surface area (Å²) in [4.78, 5) is 22.3. The number of hydrogen-bond acceptors (Lipinski definition) is 3. The third kappa shape index (κ3) is 6.44. The van der Waals surface area contributed by atoms with Crippen molar-refractivity contribution in [1.82, 2.24) is 16.0 Å². The number of carboxylic acid groups (broad SMARTS) is 1. The van der Waals surface area contributed by atoms with E-state index in [1.807, 2.05) is 6.92 Å². The van der Waals surface area contributed by atoms with Crippen molar-refractivity contribution >= 4 is 12.0 Å². The summed E-state index contributed by atoms with van der Waals surface area (Å²) in [7, 11) is 0. The lowest BCUT2D eigenvalue weighted by atomic mass is 10.2. The van der Waals surface area contributed by atoms with Crippen molar-refractivity contribution in [2.24, 2.45) is 0 Å². The topological polar surface area (TPSA) is 90.5 Å². The van der Waals surface area contributed by atoms with E-state index in [9.17, 15) is 9.59 Å². The molecule has 0 heterocycles. The predicted molar refractivity (Wildman–Crippen MR) is 68.5 cm³/mol. The highest BCUT2D eigenvalue weighted by molar-refractivity contribution is 5.82. The Labute approximate surface area is 108 Å². The number of carbonyl (C=O) groups excluding carboxylic acids is 1. The fourth-order valence-electron chi connectivity index (χ4n) is 1.64. The zero-order valence-corrected chi connectivity index (χ0v) is 10.9. The third-order valence-electron chi connectivity index (χ3n) is 2.83. The zero-order valence-electron chi connectivity index (χ0n) is 10.9. The lowest BCUT2D eigenvalue weighted by molar-refractivity contribution is -0.139. The minimum absolute atomic E-state index is 0.401. The predicted octanol–water partition coefficient (Wildman–Crippen LogP) is 0.681. The molecule has 0 spiro atoms. The third-order valence-corrected chi connectivity index (χ3v) is 2.83. The second-order valence-corrected chi connectivity index (χ2v) is 4.66. The van der Waals surface area contributed by atoms with E-state index in [4.69, 9.17) is 5.11 Å². The Morgan fingerprint density at radius 2 is 2.06 bits per heavy atom. The van der Waals surface area contributed by atoms with Crippen molar-refractivity contribution in [3.63, 3.8) is 0 Å². The van der Waals surface area contributed by atoms with E-state index >= 15 is 0 Å². The average Bonchev–Trinajstić information content (AvgIpc) is 3.12. The molecule has 18 heavy (non-hydrogen) atoms. The summed E-state index contributed by atoms with van der Waals surface area (Å²) in [6, 6.07) is -0.512. The fraction of sp³-hybridized carbons (Fsp3) is 0.833. The van der Waals surface area contributed by atoms with Gasteiger partial charge in [0.1, 0.15) is 6.04 Å². The molecule has 1 aliphatic rings. The molecule has 1 aliphatic carbocycles. The summed E-state index contributed by atoms with van der Waals surface area (Å²) in [6.45, 7) is 3.34. The maximum absolute atomic E-state index is 11.4. The Bertz CT molecular complexity index is 280. The van der Waals surface area contributed by atoms with Gasteiger partial charge < -0.3 is 21.1 Å². The molecule has 4 N–H and O–H groups in total. The van der Waals surface area contributed by atoms with Crippen LogP contribution in [0.15, 0.2) is 0 Å². The molecule has 1 atom stereocenters. The largest absolute Gasteiger partial charge is 0.480 e. The highest BCUT2D eigenvalue weighted by atomic mass is 16.4. The second-order valence-electron chi connectivity index (χ2n) is 4.66. The monoisotopic (exact) mass is 257 g/mol. The molecule has 1 saturated carbocycles. The van der Waals surface area contributed by atoms with E-state index in [0.717, 1.165) is 19.4 Å². The number of carboxylic acids is 1. The lowest BCUT2D eigenvalue weighted by Crippen LogP contribution is -2.46. The van der Waals surface area contributed by atoms with Crippen LogP contribution in [0.1, 0.15) is 39.0 Å². The molecule has 2 amide bonds. The molecule has 0 aromatic carbocycles. The molecule has 1 fully saturated rings. The number of carbonyl (C=O) groups is 2. The van der Waals surface area contributed by atoms with Crippen molar-refractivity contribution in [1.29, 1.82) is 0 Å². The number of rotatable bonds is 9. The normalized spacial score (nSPS) is 16.1. The van der Waals surface area contributed by atoms with Crippen LogP contribution in [0.3, 0.4) is 0 Å². The summed E-state index contributed by atoms with van der Waals surface area (Å²) in [5.41, 5.74) is 0. The van der Waals surface area contributed by atoms with Crippen molar-refractivity contribution in [2.75, 3.05) is 13.1 Å². The van der Waals surface area contributed by atoms with Crippen molar-refractivity contribution in [2.45, 2.75) is 51.1 Å².